The van der Waals surface area contributed by atoms with Gasteiger partial charge in [-0.1, -0.05) is 18.5 Å². The van der Waals surface area contributed by atoms with Gasteiger partial charge in [0.2, 0.25) is 0 Å². The van der Waals surface area contributed by atoms with E-state index < -0.39 is 17.7 Å². The Morgan fingerprint density at radius 2 is 2.00 bits per heavy atom. The number of nitrogens with one attached hydrogen (secondary N) is 1. The van der Waals surface area contributed by atoms with Crippen LogP contribution in [0, 0.1) is 12.7 Å². The fraction of sp³-hybridized carbons (Fsp3) is 0.412. The minimum Gasteiger partial charge on any atom is -0.489 e. The van der Waals surface area contributed by atoms with Crippen molar-refractivity contribution in [2.75, 3.05) is 24.2 Å². The van der Waals surface area contributed by atoms with E-state index in [2.05, 4.69) is 15.3 Å². The Morgan fingerprint density at radius 1 is 1.26 bits per heavy atom. The van der Waals surface area contributed by atoms with Crippen LogP contribution in [0.5, 0.6) is 5.75 Å². The number of thioether (sulfide) groups is 1. The Bertz CT molecular complexity index is 790. The molecule has 0 fully saturated rings. The van der Waals surface area contributed by atoms with E-state index >= 15 is 0 Å². The van der Waals surface area contributed by atoms with Crippen molar-refractivity contribution in [2.45, 2.75) is 31.3 Å². The van der Waals surface area contributed by atoms with Crippen molar-refractivity contribution >= 4 is 29.2 Å². The van der Waals surface area contributed by atoms with Crippen molar-refractivity contribution in [3.05, 3.63) is 40.6 Å². The summed E-state index contributed by atoms with van der Waals surface area (Å²) >= 11 is 6.75. The number of rotatable bonds is 8. The molecule has 0 saturated heterocycles. The van der Waals surface area contributed by atoms with Gasteiger partial charge in [-0.05, 0) is 31.0 Å². The molecule has 148 valence electrons. The van der Waals surface area contributed by atoms with Crippen LogP contribution in [0.4, 0.5) is 23.4 Å². The lowest BCUT2D eigenvalue weighted by Crippen LogP contribution is -2.14. The van der Waals surface area contributed by atoms with Crippen LogP contribution in [0.1, 0.15) is 18.2 Å². The molecular weight excluding hydrogens is 406 g/mol. The molecule has 0 aliphatic rings. The van der Waals surface area contributed by atoms with Gasteiger partial charge in [0.15, 0.2) is 11.6 Å². The zero-order valence-electron chi connectivity index (χ0n) is 14.7. The van der Waals surface area contributed by atoms with E-state index in [1.807, 2.05) is 6.92 Å². The number of anilines is 1. The molecule has 0 atom stereocenters. The maximum Gasteiger partial charge on any atom is 0.398 e. The molecule has 0 saturated carbocycles. The summed E-state index contributed by atoms with van der Waals surface area (Å²) in [5.41, 5.74) is 1.12. The van der Waals surface area contributed by atoms with Gasteiger partial charge in [0, 0.05) is 4.90 Å². The van der Waals surface area contributed by atoms with E-state index in [0.717, 1.165) is 6.07 Å². The second kappa shape index (κ2) is 9.45. The third-order valence-corrected chi connectivity index (χ3v) is 5.09. The number of aryl methyl sites for hydroxylation is 2. The quantitative estimate of drug-likeness (QED) is 0.355. The Labute approximate surface area is 163 Å². The highest BCUT2D eigenvalue weighted by molar-refractivity contribution is 7.99. The second-order valence-electron chi connectivity index (χ2n) is 5.56. The molecule has 1 heterocycles. The first kappa shape index (κ1) is 21.6. The van der Waals surface area contributed by atoms with Crippen molar-refractivity contribution in [3.63, 3.8) is 0 Å². The summed E-state index contributed by atoms with van der Waals surface area (Å²) in [5, 5.41) is 3.37. The maximum absolute atomic E-state index is 14.0. The number of ether oxygens (including phenoxy) is 1. The molecule has 0 spiro atoms. The zero-order valence-corrected chi connectivity index (χ0v) is 16.2. The topological polar surface area (TPSA) is 47.0 Å². The Balaban J connectivity index is 1.95. The van der Waals surface area contributed by atoms with Crippen LogP contribution in [0.2, 0.25) is 5.02 Å². The van der Waals surface area contributed by atoms with Gasteiger partial charge >= 0.3 is 6.18 Å². The summed E-state index contributed by atoms with van der Waals surface area (Å²) < 4.78 is 56.5. The Kier molecular flexibility index (Phi) is 7.55. The largest absolute Gasteiger partial charge is 0.489 e. The zero-order chi connectivity index (χ0) is 20.0. The van der Waals surface area contributed by atoms with Crippen LogP contribution in [0.25, 0.3) is 0 Å². The molecule has 0 bridgehead atoms. The molecule has 0 aliphatic heterocycles. The average molecular weight is 424 g/mol. The SMILES string of the molecule is CCc1ncnc(NCCOc2cc(SCC(F)(F)F)c(C)cc2F)c1Cl. The monoisotopic (exact) mass is 423 g/mol. The summed E-state index contributed by atoms with van der Waals surface area (Å²) in [6.45, 7) is 3.81. The van der Waals surface area contributed by atoms with E-state index in [-0.39, 0.29) is 18.9 Å². The fourth-order valence-electron chi connectivity index (χ4n) is 2.17. The van der Waals surface area contributed by atoms with Crippen molar-refractivity contribution in [3.8, 4) is 5.75 Å². The van der Waals surface area contributed by atoms with Crippen molar-refractivity contribution in [2.24, 2.45) is 0 Å². The predicted octanol–water partition coefficient (Wildman–Crippen LogP) is 5.29. The molecule has 0 radical (unpaired) electrons. The summed E-state index contributed by atoms with van der Waals surface area (Å²) in [6, 6.07) is 2.45. The molecular formula is C17H18ClF4N3OS. The number of hydrogen-bond donors (Lipinski definition) is 1. The van der Waals surface area contributed by atoms with Gasteiger partial charge in [-0.2, -0.15) is 13.2 Å². The number of benzene rings is 1. The minimum atomic E-state index is -4.30. The Hall–Kier alpha value is -1.74. The molecule has 1 aromatic carbocycles. The summed E-state index contributed by atoms with van der Waals surface area (Å²) in [7, 11) is 0. The lowest BCUT2D eigenvalue weighted by molar-refractivity contribution is -0.105. The molecule has 4 nitrogen and oxygen atoms in total. The maximum atomic E-state index is 14.0. The van der Waals surface area contributed by atoms with E-state index in [0.29, 0.717) is 45.2 Å². The highest BCUT2D eigenvalue weighted by Gasteiger charge is 2.27. The highest BCUT2D eigenvalue weighted by Crippen LogP contribution is 2.33. The normalized spacial score (nSPS) is 11.5. The van der Waals surface area contributed by atoms with Gasteiger partial charge < -0.3 is 10.1 Å². The third kappa shape index (κ3) is 6.42. The standard InChI is InChI=1S/C17H18ClF4N3OS/c1-3-12-15(18)16(25-9-24-12)23-4-5-26-13-7-14(10(2)6-11(13)19)27-8-17(20,21)22/h6-7,9H,3-5,8H2,1-2H3,(H,23,24,25). The summed E-state index contributed by atoms with van der Waals surface area (Å²) in [5.74, 6) is -1.34. The number of aromatic nitrogens is 2. The van der Waals surface area contributed by atoms with E-state index in [1.54, 1.807) is 6.92 Å². The molecule has 0 unspecified atom stereocenters. The summed E-state index contributed by atoms with van der Waals surface area (Å²) in [4.78, 5) is 8.40. The molecule has 0 amide bonds. The first-order chi connectivity index (χ1) is 12.7. The van der Waals surface area contributed by atoms with Crippen LogP contribution in [-0.2, 0) is 6.42 Å². The predicted molar refractivity (Wildman–Crippen MR) is 98.3 cm³/mol. The molecule has 27 heavy (non-hydrogen) atoms. The third-order valence-electron chi connectivity index (χ3n) is 3.47. The molecule has 2 aromatic rings. The van der Waals surface area contributed by atoms with Crippen molar-refractivity contribution in [1.82, 2.24) is 9.97 Å². The van der Waals surface area contributed by atoms with E-state index in [1.165, 1.54) is 12.4 Å². The molecule has 2 rings (SSSR count). The summed E-state index contributed by atoms with van der Waals surface area (Å²) in [6.07, 6.45) is -2.26. The average Bonchev–Trinajstić information content (AvgIpc) is 2.59. The Morgan fingerprint density at radius 3 is 2.67 bits per heavy atom. The number of halogens is 5. The van der Waals surface area contributed by atoms with Crippen LogP contribution in [0.3, 0.4) is 0 Å². The molecule has 10 heteroatoms. The lowest BCUT2D eigenvalue weighted by atomic mass is 10.2. The molecule has 1 N–H and O–H groups in total. The van der Waals surface area contributed by atoms with Crippen LogP contribution >= 0.6 is 23.4 Å². The van der Waals surface area contributed by atoms with Gasteiger partial charge in [-0.15, -0.1) is 11.8 Å². The van der Waals surface area contributed by atoms with Crippen LogP contribution in [0.15, 0.2) is 23.4 Å². The fourth-order valence-corrected chi connectivity index (χ4v) is 3.26. The molecule has 1 aromatic heterocycles. The minimum absolute atomic E-state index is 0.0746. The van der Waals surface area contributed by atoms with Gasteiger partial charge in [-0.25, -0.2) is 14.4 Å². The van der Waals surface area contributed by atoms with Crippen LogP contribution in [-0.4, -0.2) is 35.0 Å². The number of hydrogen-bond acceptors (Lipinski definition) is 5. The van der Waals surface area contributed by atoms with Gasteiger partial charge in [-0.3, -0.25) is 0 Å². The van der Waals surface area contributed by atoms with Gasteiger partial charge in [0.05, 0.1) is 18.0 Å². The highest BCUT2D eigenvalue weighted by atomic mass is 35.5. The van der Waals surface area contributed by atoms with Gasteiger partial charge in [0.25, 0.3) is 0 Å². The van der Waals surface area contributed by atoms with Crippen molar-refractivity contribution in [1.29, 1.82) is 0 Å². The van der Waals surface area contributed by atoms with Gasteiger partial charge in [0.1, 0.15) is 23.8 Å². The first-order valence-electron chi connectivity index (χ1n) is 8.07. The van der Waals surface area contributed by atoms with Crippen LogP contribution < -0.4 is 10.1 Å². The second-order valence-corrected chi connectivity index (χ2v) is 6.96. The lowest BCUT2D eigenvalue weighted by Gasteiger charge is -2.13. The van der Waals surface area contributed by atoms with Crippen molar-refractivity contribution < 1.29 is 22.3 Å². The molecule has 0 aliphatic carbocycles. The van der Waals surface area contributed by atoms with E-state index in [9.17, 15) is 17.6 Å². The number of nitrogens with zero attached hydrogens (tertiary/aromatic N) is 2. The first-order valence-corrected chi connectivity index (χ1v) is 9.43. The van der Waals surface area contributed by atoms with E-state index in [4.69, 9.17) is 16.3 Å². The number of alkyl halides is 3. The smallest absolute Gasteiger partial charge is 0.398 e.